The number of carbonyl (C=O) groups excluding carboxylic acids is 1. The van der Waals surface area contributed by atoms with E-state index >= 15 is 0 Å². The van der Waals surface area contributed by atoms with E-state index in [0.29, 0.717) is 43.1 Å². The van der Waals surface area contributed by atoms with Gasteiger partial charge in [0, 0.05) is 17.8 Å². The molecule has 0 bridgehead atoms. The molecule has 1 aromatic heterocycles. The van der Waals surface area contributed by atoms with Crippen molar-refractivity contribution in [3.8, 4) is 11.8 Å². The highest BCUT2D eigenvalue weighted by atomic mass is 16.5. The fourth-order valence-electron chi connectivity index (χ4n) is 4.56. The molecule has 1 fully saturated rings. The zero-order valence-corrected chi connectivity index (χ0v) is 22.2. The molecule has 2 aromatic rings. The number of nitrogens with zero attached hydrogens (tertiary/aromatic N) is 2. The molecule has 0 saturated heterocycles. The maximum atomic E-state index is 13.9. The Morgan fingerprint density at radius 1 is 0.944 bits per heavy atom. The third kappa shape index (κ3) is 6.89. The number of carboxylic acid groups (broad SMARTS) is 1. The summed E-state index contributed by atoms with van der Waals surface area (Å²) in [4.78, 5) is 31.7. The predicted octanol–water partition coefficient (Wildman–Crippen LogP) is 6.46. The van der Waals surface area contributed by atoms with E-state index in [1.54, 1.807) is 17.0 Å². The van der Waals surface area contributed by atoms with Crippen LogP contribution in [0.3, 0.4) is 0 Å². The summed E-state index contributed by atoms with van der Waals surface area (Å²) in [5, 5.41) is 12.5. The monoisotopic (exact) mass is 497 g/mol. The number of anilines is 2. The smallest absolute Gasteiger partial charge is 0.326 e. The van der Waals surface area contributed by atoms with Crippen molar-refractivity contribution in [1.29, 1.82) is 0 Å². The van der Waals surface area contributed by atoms with Crippen LogP contribution in [0.1, 0.15) is 78.7 Å². The Morgan fingerprint density at radius 2 is 1.58 bits per heavy atom. The van der Waals surface area contributed by atoms with Gasteiger partial charge in [-0.2, -0.15) is 4.98 Å². The van der Waals surface area contributed by atoms with E-state index in [1.165, 1.54) is 0 Å². The average Bonchev–Trinajstić information content (AvgIpc) is 2.81. The van der Waals surface area contributed by atoms with Crippen LogP contribution in [0.15, 0.2) is 36.4 Å². The highest BCUT2D eigenvalue weighted by Gasteiger charge is 2.34. The third-order valence-corrected chi connectivity index (χ3v) is 6.23. The van der Waals surface area contributed by atoms with Crippen LogP contribution in [0, 0.1) is 5.92 Å². The van der Waals surface area contributed by atoms with Gasteiger partial charge in [-0.05, 0) is 77.0 Å². The van der Waals surface area contributed by atoms with Crippen LogP contribution in [0.25, 0.3) is 0 Å². The number of hydrogen-bond donors (Lipinski definition) is 2. The molecular formula is C28H39N3O5. The van der Waals surface area contributed by atoms with Crippen molar-refractivity contribution in [2.24, 2.45) is 5.92 Å². The fraction of sp³-hybridized carbons (Fsp3) is 0.536. The van der Waals surface area contributed by atoms with Crippen molar-refractivity contribution < 1.29 is 24.2 Å². The molecule has 0 spiro atoms. The van der Waals surface area contributed by atoms with Gasteiger partial charge in [0.1, 0.15) is 5.69 Å². The maximum Gasteiger partial charge on any atom is 0.326 e. The highest BCUT2D eigenvalue weighted by molar-refractivity contribution is 6.03. The fourth-order valence-corrected chi connectivity index (χ4v) is 4.56. The number of nitrogens with one attached hydrogen (secondary N) is 1. The summed E-state index contributed by atoms with van der Waals surface area (Å²) >= 11 is 0. The van der Waals surface area contributed by atoms with Gasteiger partial charge in [0.2, 0.25) is 11.8 Å². The number of pyridine rings is 1. The second-order valence-corrected chi connectivity index (χ2v) is 10.2. The molecule has 1 aliphatic carbocycles. The molecule has 1 heterocycles. The summed E-state index contributed by atoms with van der Waals surface area (Å²) in [6.07, 6.45) is 2.12. The topological polar surface area (TPSA) is 101 Å². The maximum absolute atomic E-state index is 13.9. The minimum absolute atomic E-state index is 0.0474. The number of amides is 2. The first-order valence-corrected chi connectivity index (χ1v) is 12.8. The molecule has 2 N–H and O–H groups in total. The van der Waals surface area contributed by atoms with E-state index in [9.17, 15) is 14.7 Å². The minimum Gasteiger partial charge on any atom is -0.481 e. The van der Waals surface area contributed by atoms with E-state index in [1.807, 2.05) is 52.0 Å². The Balaban J connectivity index is 1.96. The van der Waals surface area contributed by atoms with Gasteiger partial charge < -0.3 is 19.9 Å². The predicted molar refractivity (Wildman–Crippen MR) is 141 cm³/mol. The molecule has 8 nitrogen and oxygen atoms in total. The van der Waals surface area contributed by atoms with Crippen LogP contribution in [0.4, 0.5) is 16.2 Å². The van der Waals surface area contributed by atoms with Gasteiger partial charge in [-0.15, -0.1) is 0 Å². The Hall–Kier alpha value is -3.29. The number of ether oxygens (including phenoxy) is 2. The molecule has 1 aromatic carbocycles. The van der Waals surface area contributed by atoms with Gasteiger partial charge in [-0.1, -0.05) is 32.0 Å². The molecule has 3 rings (SSSR count). The van der Waals surface area contributed by atoms with Crippen molar-refractivity contribution >= 4 is 23.4 Å². The molecule has 196 valence electrons. The zero-order chi connectivity index (χ0) is 26.4. The minimum atomic E-state index is -0.766. The summed E-state index contributed by atoms with van der Waals surface area (Å²) in [7, 11) is 0. The molecule has 2 amide bonds. The van der Waals surface area contributed by atoms with Crippen LogP contribution < -0.4 is 19.7 Å². The van der Waals surface area contributed by atoms with Gasteiger partial charge in [-0.3, -0.25) is 9.69 Å². The van der Waals surface area contributed by atoms with Gasteiger partial charge in [0.25, 0.3) is 0 Å². The van der Waals surface area contributed by atoms with Crippen molar-refractivity contribution in [3.05, 3.63) is 42.0 Å². The van der Waals surface area contributed by atoms with Crippen LogP contribution in [-0.4, -0.2) is 40.3 Å². The van der Waals surface area contributed by atoms with Gasteiger partial charge in [0.05, 0.1) is 18.1 Å². The van der Waals surface area contributed by atoms with Crippen molar-refractivity contribution in [2.45, 2.75) is 91.4 Å². The lowest BCUT2D eigenvalue weighted by Gasteiger charge is -2.37. The largest absolute Gasteiger partial charge is 0.481 e. The third-order valence-electron chi connectivity index (χ3n) is 6.23. The second-order valence-electron chi connectivity index (χ2n) is 10.2. The number of carboxylic acids is 1. The first-order valence-electron chi connectivity index (χ1n) is 12.8. The number of benzene rings is 1. The molecule has 0 atom stereocenters. The average molecular weight is 498 g/mol. The number of rotatable bonds is 9. The van der Waals surface area contributed by atoms with Gasteiger partial charge in [0.15, 0.2) is 0 Å². The summed E-state index contributed by atoms with van der Waals surface area (Å²) in [6.45, 7) is 11.8. The van der Waals surface area contributed by atoms with Crippen molar-refractivity contribution in [2.75, 3.05) is 10.2 Å². The molecule has 0 unspecified atom stereocenters. The lowest BCUT2D eigenvalue weighted by molar-refractivity contribution is -0.142. The summed E-state index contributed by atoms with van der Waals surface area (Å²) < 4.78 is 11.6. The standard InChI is InChI=1S/C28H39N3O5/c1-17(2)22-9-7-8-10-24(22)31(21-13-11-20(12-14-21)27(32)33)28(34)29-23-15-16-25(35-18(3)4)30-26(23)36-19(5)6/h7-10,15-21H,11-14H2,1-6H3,(H,29,34)(H,32,33)/t20-,21-. The molecule has 1 aliphatic rings. The van der Waals surface area contributed by atoms with Crippen LogP contribution in [-0.2, 0) is 4.79 Å². The Kier molecular flexibility index (Phi) is 9.18. The second kappa shape index (κ2) is 12.1. The lowest BCUT2D eigenvalue weighted by atomic mass is 9.85. The Bertz CT molecular complexity index is 1050. The Labute approximate surface area is 214 Å². The number of aromatic nitrogens is 1. The lowest BCUT2D eigenvalue weighted by Crippen LogP contribution is -2.46. The van der Waals surface area contributed by atoms with E-state index in [2.05, 4.69) is 24.1 Å². The molecule has 0 aliphatic heterocycles. The van der Waals surface area contributed by atoms with Gasteiger partial charge in [-0.25, -0.2) is 4.79 Å². The first kappa shape index (κ1) is 27.3. The molecule has 8 heteroatoms. The number of carbonyl (C=O) groups is 2. The number of para-hydroxylation sites is 1. The molecule has 1 saturated carbocycles. The first-order chi connectivity index (χ1) is 17.1. The van der Waals surface area contributed by atoms with E-state index in [4.69, 9.17) is 9.47 Å². The highest BCUT2D eigenvalue weighted by Crippen LogP contribution is 2.36. The van der Waals surface area contributed by atoms with Crippen molar-refractivity contribution in [1.82, 2.24) is 4.98 Å². The summed E-state index contributed by atoms with van der Waals surface area (Å²) in [5.41, 5.74) is 2.35. The SMILES string of the molecule is CC(C)Oc1ccc(NC(=O)N(c2ccccc2C(C)C)[C@H]2CC[C@H](C(=O)O)CC2)c(OC(C)C)n1. The van der Waals surface area contributed by atoms with E-state index in [0.717, 1.165) is 11.3 Å². The number of urea groups is 1. The molecule has 36 heavy (non-hydrogen) atoms. The summed E-state index contributed by atoms with van der Waals surface area (Å²) in [5.74, 6) is -0.204. The van der Waals surface area contributed by atoms with Crippen molar-refractivity contribution in [3.63, 3.8) is 0 Å². The summed E-state index contributed by atoms with van der Waals surface area (Å²) in [6, 6.07) is 10.9. The van der Waals surface area contributed by atoms with Crippen LogP contribution in [0.5, 0.6) is 11.8 Å². The van der Waals surface area contributed by atoms with E-state index in [-0.39, 0.29) is 36.1 Å². The number of hydrogen-bond acceptors (Lipinski definition) is 5. The normalized spacial score (nSPS) is 17.8. The Morgan fingerprint density at radius 3 is 2.17 bits per heavy atom. The van der Waals surface area contributed by atoms with Crippen LogP contribution >= 0.6 is 0 Å². The van der Waals surface area contributed by atoms with Gasteiger partial charge >= 0.3 is 12.0 Å². The number of aliphatic carboxylic acids is 1. The van der Waals surface area contributed by atoms with Crippen LogP contribution in [0.2, 0.25) is 0 Å². The zero-order valence-electron chi connectivity index (χ0n) is 22.2. The molecule has 0 radical (unpaired) electrons. The quantitative estimate of drug-likeness (QED) is 0.412. The molecular weight excluding hydrogens is 458 g/mol. The van der Waals surface area contributed by atoms with E-state index < -0.39 is 5.97 Å².